The molecule has 1 aromatic rings. The first-order valence-electron chi connectivity index (χ1n) is 9.27. The number of amides is 2. The topological polar surface area (TPSA) is 72.3 Å². The molecule has 2 heterocycles. The zero-order chi connectivity index (χ0) is 20.3. The van der Waals surface area contributed by atoms with Crippen LogP contribution in [0.4, 0.5) is 0 Å². The monoisotopic (exact) mass is 424 g/mol. The smallest absolute Gasteiger partial charge is 0.275 e. The lowest BCUT2D eigenvalue weighted by atomic mass is 9.93. The fourth-order valence-electron chi connectivity index (χ4n) is 3.70. The van der Waals surface area contributed by atoms with Crippen LogP contribution in [0.5, 0.6) is 11.5 Å². The summed E-state index contributed by atoms with van der Waals surface area (Å²) in [6.07, 6.45) is 0.885. The second-order valence-electron chi connectivity index (χ2n) is 6.91. The summed E-state index contributed by atoms with van der Waals surface area (Å²) in [7, 11) is 3.27. The average Bonchev–Trinajstić information content (AvgIpc) is 3.01. The summed E-state index contributed by atoms with van der Waals surface area (Å²) in [4.78, 5) is 26.9. The van der Waals surface area contributed by atoms with E-state index in [1.807, 2.05) is 12.1 Å². The summed E-state index contributed by atoms with van der Waals surface area (Å²) in [5.41, 5.74) is 2.43. The van der Waals surface area contributed by atoms with Gasteiger partial charge in [-0.15, -0.1) is 0 Å². The van der Waals surface area contributed by atoms with E-state index in [0.717, 1.165) is 18.7 Å². The molecular weight excluding hydrogens is 398 g/mol. The number of carbonyl (C=O) groups excluding carboxylic acids is 2. The summed E-state index contributed by atoms with van der Waals surface area (Å²) >= 11 is 6.52. The molecule has 7 nitrogen and oxygen atoms in total. The molecule has 0 radical (unpaired) electrons. The maximum atomic E-state index is 12.4. The molecule has 2 atom stereocenters. The predicted molar refractivity (Wildman–Crippen MR) is 112 cm³/mol. The largest absolute Gasteiger partial charge is 0.493 e. The zero-order valence-electron chi connectivity index (χ0n) is 16.4. The molecule has 9 heteroatoms. The molecule has 0 spiro atoms. The molecule has 1 unspecified atom stereocenters. The van der Waals surface area contributed by atoms with Crippen LogP contribution in [-0.4, -0.2) is 67.2 Å². The molecule has 0 saturated carbocycles. The van der Waals surface area contributed by atoms with Crippen molar-refractivity contribution in [3.05, 3.63) is 23.3 Å². The van der Waals surface area contributed by atoms with Gasteiger partial charge in [-0.25, -0.2) is 0 Å². The van der Waals surface area contributed by atoms with Gasteiger partial charge in [0.05, 0.1) is 26.5 Å². The maximum absolute atomic E-state index is 12.4. The van der Waals surface area contributed by atoms with Crippen molar-refractivity contribution in [3.8, 4) is 11.5 Å². The molecule has 0 aromatic heterocycles. The summed E-state index contributed by atoms with van der Waals surface area (Å²) < 4.78 is 11.4. The van der Waals surface area contributed by atoms with Crippen molar-refractivity contribution in [1.82, 2.24) is 10.2 Å². The minimum atomic E-state index is -0.0176. The molecule has 0 bridgehead atoms. The number of nitrogens with one attached hydrogen (secondary N) is 2. The Kier molecular flexibility index (Phi) is 6.79. The number of thiocarbonyl (C=S) groups is 1. The lowest BCUT2D eigenvalue weighted by molar-refractivity contribution is -0.924. The average molecular weight is 425 g/mol. The van der Waals surface area contributed by atoms with E-state index in [-0.39, 0.29) is 17.9 Å². The SMILES string of the molecule is COc1cc2c(cc1OC)[C@H](C)[NH+](CC(=O)NCCN1C(=O)CSC1=S)CC2. The minimum Gasteiger partial charge on any atom is -0.493 e. The van der Waals surface area contributed by atoms with Gasteiger partial charge >= 0.3 is 0 Å². The van der Waals surface area contributed by atoms with Gasteiger partial charge in [-0.2, -0.15) is 0 Å². The molecular formula is C19H26N3O4S2+. The number of ether oxygens (including phenoxy) is 2. The van der Waals surface area contributed by atoms with Crippen molar-refractivity contribution in [1.29, 1.82) is 0 Å². The number of nitrogens with zero attached hydrogens (tertiary/aromatic N) is 1. The van der Waals surface area contributed by atoms with Gasteiger partial charge in [0.15, 0.2) is 18.0 Å². The Balaban J connectivity index is 1.56. The summed E-state index contributed by atoms with van der Waals surface area (Å²) in [6.45, 7) is 4.24. The van der Waals surface area contributed by atoms with Gasteiger partial charge in [-0.3, -0.25) is 14.5 Å². The standard InChI is InChI=1S/C19H25N3O4S2/c1-12-14-9-16(26-3)15(25-2)8-13(14)4-6-21(12)10-17(23)20-5-7-22-18(24)11-28-19(22)27/h8-9,12H,4-7,10-11H2,1-3H3,(H,20,23)/p+1/t12-/m0/s1. The van der Waals surface area contributed by atoms with Crippen LogP contribution < -0.4 is 19.7 Å². The third-order valence-corrected chi connectivity index (χ3v) is 6.76. The number of fused-ring (bicyclic) bond motifs is 1. The molecule has 2 aliphatic heterocycles. The molecule has 1 saturated heterocycles. The van der Waals surface area contributed by atoms with E-state index in [1.165, 1.54) is 27.8 Å². The van der Waals surface area contributed by atoms with Gasteiger partial charge < -0.3 is 19.7 Å². The quantitative estimate of drug-likeness (QED) is 0.609. The second-order valence-corrected chi connectivity index (χ2v) is 8.52. The van der Waals surface area contributed by atoms with Crippen molar-refractivity contribution < 1.29 is 24.0 Å². The van der Waals surface area contributed by atoms with Gasteiger partial charge in [-0.05, 0) is 24.6 Å². The van der Waals surface area contributed by atoms with Crippen LogP contribution in [0.1, 0.15) is 24.1 Å². The Morgan fingerprint density at radius 3 is 2.71 bits per heavy atom. The lowest BCUT2D eigenvalue weighted by Crippen LogP contribution is -3.14. The molecule has 2 aliphatic rings. The van der Waals surface area contributed by atoms with Gasteiger partial charge in [0.25, 0.3) is 5.91 Å². The second kappa shape index (κ2) is 9.11. The van der Waals surface area contributed by atoms with Crippen LogP contribution in [-0.2, 0) is 16.0 Å². The van der Waals surface area contributed by atoms with Crippen molar-refractivity contribution in [2.24, 2.45) is 0 Å². The minimum absolute atomic E-state index is 0.0144. The number of benzene rings is 1. The van der Waals surface area contributed by atoms with Crippen LogP contribution in [0.2, 0.25) is 0 Å². The highest BCUT2D eigenvalue weighted by Crippen LogP contribution is 2.33. The molecule has 28 heavy (non-hydrogen) atoms. The lowest BCUT2D eigenvalue weighted by Gasteiger charge is -2.32. The number of rotatable bonds is 7. The number of carbonyl (C=O) groups is 2. The Hall–Kier alpha value is -1.84. The third kappa shape index (κ3) is 4.42. The Morgan fingerprint density at radius 2 is 2.07 bits per heavy atom. The Labute approximate surface area is 174 Å². The van der Waals surface area contributed by atoms with Crippen molar-refractivity contribution >= 4 is 40.1 Å². The molecule has 2 N–H and O–H groups in total. The van der Waals surface area contributed by atoms with E-state index >= 15 is 0 Å². The van der Waals surface area contributed by atoms with E-state index in [0.29, 0.717) is 35.5 Å². The van der Waals surface area contributed by atoms with Crippen LogP contribution in [0, 0.1) is 0 Å². The Bertz CT molecular complexity index is 771. The summed E-state index contributed by atoms with van der Waals surface area (Å²) in [5, 5.41) is 2.92. The first-order chi connectivity index (χ1) is 13.4. The summed E-state index contributed by atoms with van der Waals surface area (Å²) in [6, 6.07) is 4.24. The number of quaternary nitrogens is 1. The maximum Gasteiger partial charge on any atom is 0.275 e. The van der Waals surface area contributed by atoms with Crippen LogP contribution >= 0.6 is 24.0 Å². The van der Waals surface area contributed by atoms with E-state index in [9.17, 15) is 9.59 Å². The van der Waals surface area contributed by atoms with Crippen LogP contribution in [0.3, 0.4) is 0 Å². The number of hydrogen-bond acceptors (Lipinski definition) is 6. The van der Waals surface area contributed by atoms with Crippen molar-refractivity contribution in [2.45, 2.75) is 19.4 Å². The van der Waals surface area contributed by atoms with Crippen molar-refractivity contribution in [3.63, 3.8) is 0 Å². The number of hydrogen-bond donors (Lipinski definition) is 2. The number of methoxy groups -OCH3 is 2. The van der Waals surface area contributed by atoms with Crippen molar-refractivity contribution in [2.75, 3.05) is 46.2 Å². The highest BCUT2D eigenvalue weighted by molar-refractivity contribution is 8.23. The van der Waals surface area contributed by atoms with Gasteiger partial charge in [0.2, 0.25) is 5.91 Å². The molecule has 1 aromatic carbocycles. The van der Waals surface area contributed by atoms with Gasteiger partial charge in [-0.1, -0.05) is 24.0 Å². The fraction of sp³-hybridized carbons (Fsp3) is 0.526. The summed E-state index contributed by atoms with van der Waals surface area (Å²) in [5.74, 6) is 1.84. The van der Waals surface area contributed by atoms with E-state index < -0.39 is 0 Å². The molecule has 2 amide bonds. The number of thioether (sulfide) groups is 1. The molecule has 3 rings (SSSR count). The normalized spacial score (nSPS) is 21.5. The first kappa shape index (κ1) is 20.9. The highest BCUT2D eigenvalue weighted by atomic mass is 32.2. The van der Waals surface area contributed by atoms with Gasteiger partial charge in [0, 0.05) is 25.1 Å². The highest BCUT2D eigenvalue weighted by Gasteiger charge is 2.31. The van der Waals surface area contributed by atoms with E-state index in [2.05, 4.69) is 12.2 Å². The zero-order valence-corrected chi connectivity index (χ0v) is 18.0. The Morgan fingerprint density at radius 1 is 1.36 bits per heavy atom. The molecule has 1 fully saturated rings. The predicted octanol–water partition coefficient (Wildman–Crippen LogP) is 0.182. The van der Waals surface area contributed by atoms with Gasteiger partial charge in [0.1, 0.15) is 10.4 Å². The third-order valence-electron chi connectivity index (χ3n) is 5.33. The fourth-order valence-corrected chi connectivity index (χ4v) is 4.82. The molecule has 0 aliphatic carbocycles. The molecule has 152 valence electrons. The van der Waals surface area contributed by atoms with Crippen LogP contribution in [0.15, 0.2) is 12.1 Å². The van der Waals surface area contributed by atoms with Crippen LogP contribution in [0.25, 0.3) is 0 Å². The first-order valence-corrected chi connectivity index (χ1v) is 10.7. The van der Waals surface area contributed by atoms with E-state index in [1.54, 1.807) is 19.1 Å². The van der Waals surface area contributed by atoms with E-state index in [4.69, 9.17) is 21.7 Å².